The van der Waals surface area contributed by atoms with E-state index < -0.39 is 0 Å². The predicted molar refractivity (Wildman–Crippen MR) is 66.1 cm³/mol. The van der Waals surface area contributed by atoms with Gasteiger partial charge in [-0.1, -0.05) is 13.3 Å². The third-order valence-electron chi connectivity index (χ3n) is 3.17. The highest BCUT2D eigenvalue weighted by Gasteiger charge is 2.17. The molecule has 4 nitrogen and oxygen atoms in total. The van der Waals surface area contributed by atoms with Crippen molar-refractivity contribution in [1.82, 2.24) is 10.2 Å². The van der Waals surface area contributed by atoms with Gasteiger partial charge in [0.2, 0.25) is 5.91 Å². The van der Waals surface area contributed by atoms with Crippen molar-refractivity contribution >= 4 is 5.91 Å². The van der Waals surface area contributed by atoms with Gasteiger partial charge in [-0.05, 0) is 32.9 Å². The Labute approximate surface area is 98.6 Å². The number of rotatable bonds is 5. The summed E-state index contributed by atoms with van der Waals surface area (Å²) in [5.74, 6) is -0.00387. The van der Waals surface area contributed by atoms with Gasteiger partial charge in [-0.3, -0.25) is 4.79 Å². The fraction of sp³-hybridized carbons (Fsp3) is 0.917. The molecule has 1 amide bonds. The van der Waals surface area contributed by atoms with Crippen molar-refractivity contribution in [3.8, 4) is 0 Å². The number of amides is 1. The minimum absolute atomic E-state index is 0.0759. The Kier molecular flexibility index (Phi) is 5.77. The normalized spacial score (nSPS) is 21.4. The van der Waals surface area contributed by atoms with Crippen LogP contribution in [0.1, 0.15) is 33.1 Å². The largest absolute Gasteiger partial charge is 0.352 e. The highest BCUT2D eigenvalue weighted by atomic mass is 16.1. The third-order valence-corrected chi connectivity index (χ3v) is 3.17. The lowest BCUT2D eigenvalue weighted by atomic mass is 10.1. The summed E-state index contributed by atoms with van der Waals surface area (Å²) in [6.07, 6.45) is 3.93. The number of carbonyl (C=O) groups is 1. The highest BCUT2D eigenvalue weighted by Crippen LogP contribution is 2.08. The molecule has 0 aromatic heterocycles. The summed E-state index contributed by atoms with van der Waals surface area (Å²) in [6, 6.07) is 0.222. The van der Waals surface area contributed by atoms with Crippen LogP contribution in [0, 0.1) is 5.92 Å². The first-order valence-corrected chi connectivity index (χ1v) is 6.36. The molecule has 94 valence electrons. The minimum Gasteiger partial charge on any atom is -0.352 e. The van der Waals surface area contributed by atoms with Crippen molar-refractivity contribution in [3.05, 3.63) is 0 Å². The molecule has 0 aromatic rings. The Morgan fingerprint density at radius 3 is 2.50 bits per heavy atom. The van der Waals surface area contributed by atoms with Crippen LogP contribution < -0.4 is 11.1 Å². The molecular weight excluding hydrogens is 202 g/mol. The Morgan fingerprint density at radius 1 is 1.31 bits per heavy atom. The maximum atomic E-state index is 11.6. The third kappa shape index (κ3) is 4.49. The smallest absolute Gasteiger partial charge is 0.224 e. The molecule has 0 spiro atoms. The standard InChI is InChI=1S/C12H25N3O/c1-10(8-13)12(16)14-11(2)9-15-6-4-3-5-7-15/h10-11H,3-9,13H2,1-2H3,(H,14,16). The van der Waals surface area contributed by atoms with Crippen LogP contribution in [0.3, 0.4) is 0 Å². The van der Waals surface area contributed by atoms with E-state index in [1.54, 1.807) is 0 Å². The SMILES string of the molecule is CC(CN1CCCCC1)NC(=O)C(C)CN. The van der Waals surface area contributed by atoms with Crippen molar-refractivity contribution < 1.29 is 4.79 Å². The molecule has 1 aliphatic heterocycles. The molecule has 0 bridgehead atoms. The molecular formula is C12H25N3O. The van der Waals surface area contributed by atoms with Crippen LogP contribution in [0.5, 0.6) is 0 Å². The molecule has 1 rings (SSSR count). The Bertz CT molecular complexity index is 214. The van der Waals surface area contributed by atoms with E-state index >= 15 is 0 Å². The van der Waals surface area contributed by atoms with Gasteiger partial charge in [0.05, 0.1) is 0 Å². The van der Waals surface area contributed by atoms with Crippen LogP contribution in [0.15, 0.2) is 0 Å². The monoisotopic (exact) mass is 227 g/mol. The van der Waals surface area contributed by atoms with Crippen molar-refractivity contribution in [2.75, 3.05) is 26.2 Å². The van der Waals surface area contributed by atoms with Crippen LogP contribution >= 0.6 is 0 Å². The zero-order valence-electron chi connectivity index (χ0n) is 10.5. The van der Waals surface area contributed by atoms with Crippen LogP contribution in [0.25, 0.3) is 0 Å². The summed E-state index contributed by atoms with van der Waals surface area (Å²) >= 11 is 0. The second-order valence-electron chi connectivity index (χ2n) is 4.91. The summed E-state index contributed by atoms with van der Waals surface area (Å²) in [5, 5.41) is 3.02. The van der Waals surface area contributed by atoms with Gasteiger partial charge in [-0.15, -0.1) is 0 Å². The van der Waals surface area contributed by atoms with Gasteiger partial charge in [-0.25, -0.2) is 0 Å². The van der Waals surface area contributed by atoms with Crippen molar-refractivity contribution in [1.29, 1.82) is 0 Å². The Balaban J connectivity index is 2.23. The maximum Gasteiger partial charge on any atom is 0.224 e. The van der Waals surface area contributed by atoms with E-state index in [-0.39, 0.29) is 17.9 Å². The average molecular weight is 227 g/mol. The molecule has 1 fully saturated rings. The zero-order chi connectivity index (χ0) is 12.0. The van der Waals surface area contributed by atoms with E-state index in [1.807, 2.05) is 6.92 Å². The van der Waals surface area contributed by atoms with Gasteiger partial charge in [0.25, 0.3) is 0 Å². The number of nitrogens with two attached hydrogens (primary N) is 1. The number of hydrogen-bond donors (Lipinski definition) is 2. The van der Waals surface area contributed by atoms with Crippen LogP contribution in [-0.2, 0) is 4.79 Å². The quantitative estimate of drug-likeness (QED) is 0.722. The van der Waals surface area contributed by atoms with Crippen molar-refractivity contribution in [2.24, 2.45) is 11.7 Å². The molecule has 2 atom stereocenters. The van der Waals surface area contributed by atoms with E-state index in [9.17, 15) is 4.79 Å². The molecule has 1 heterocycles. The van der Waals surface area contributed by atoms with Gasteiger partial charge in [0.15, 0.2) is 0 Å². The molecule has 3 N–H and O–H groups in total. The predicted octanol–water partition coefficient (Wildman–Crippen LogP) is 0.572. The second-order valence-corrected chi connectivity index (χ2v) is 4.91. The van der Waals surface area contributed by atoms with Crippen molar-refractivity contribution in [2.45, 2.75) is 39.2 Å². The van der Waals surface area contributed by atoms with E-state index in [1.165, 1.54) is 32.4 Å². The van der Waals surface area contributed by atoms with Gasteiger partial charge in [0, 0.05) is 25.0 Å². The molecule has 0 saturated carbocycles. The van der Waals surface area contributed by atoms with E-state index in [0.29, 0.717) is 6.54 Å². The molecule has 4 heteroatoms. The van der Waals surface area contributed by atoms with Gasteiger partial charge in [-0.2, -0.15) is 0 Å². The lowest BCUT2D eigenvalue weighted by Gasteiger charge is -2.29. The van der Waals surface area contributed by atoms with Gasteiger partial charge >= 0.3 is 0 Å². The molecule has 1 aliphatic rings. The summed E-state index contributed by atoms with van der Waals surface area (Å²) in [5.41, 5.74) is 5.46. The summed E-state index contributed by atoms with van der Waals surface area (Å²) < 4.78 is 0. The molecule has 0 aromatic carbocycles. The number of carbonyl (C=O) groups excluding carboxylic acids is 1. The van der Waals surface area contributed by atoms with Crippen LogP contribution in [0.4, 0.5) is 0 Å². The lowest BCUT2D eigenvalue weighted by molar-refractivity contribution is -0.124. The van der Waals surface area contributed by atoms with E-state index in [0.717, 1.165) is 6.54 Å². The first kappa shape index (κ1) is 13.5. The topological polar surface area (TPSA) is 58.4 Å². The van der Waals surface area contributed by atoms with Crippen LogP contribution in [-0.4, -0.2) is 43.0 Å². The number of hydrogen-bond acceptors (Lipinski definition) is 3. The Hall–Kier alpha value is -0.610. The first-order chi connectivity index (χ1) is 7.63. The van der Waals surface area contributed by atoms with Gasteiger partial charge < -0.3 is 16.0 Å². The van der Waals surface area contributed by atoms with Crippen molar-refractivity contribution in [3.63, 3.8) is 0 Å². The summed E-state index contributed by atoms with van der Waals surface area (Å²) in [6.45, 7) is 7.66. The molecule has 0 radical (unpaired) electrons. The molecule has 0 aliphatic carbocycles. The first-order valence-electron chi connectivity index (χ1n) is 6.36. The zero-order valence-corrected chi connectivity index (χ0v) is 10.5. The molecule has 1 saturated heterocycles. The summed E-state index contributed by atoms with van der Waals surface area (Å²) in [4.78, 5) is 14.0. The minimum atomic E-state index is -0.0798. The van der Waals surface area contributed by atoms with Gasteiger partial charge in [0.1, 0.15) is 0 Å². The number of nitrogens with zero attached hydrogens (tertiary/aromatic N) is 1. The van der Waals surface area contributed by atoms with E-state index in [2.05, 4.69) is 17.1 Å². The fourth-order valence-electron chi connectivity index (χ4n) is 2.07. The molecule has 2 unspecified atom stereocenters. The Morgan fingerprint density at radius 2 is 1.94 bits per heavy atom. The number of piperidine rings is 1. The van der Waals surface area contributed by atoms with Crippen LogP contribution in [0.2, 0.25) is 0 Å². The second kappa shape index (κ2) is 6.86. The molecule has 16 heavy (non-hydrogen) atoms. The lowest BCUT2D eigenvalue weighted by Crippen LogP contribution is -2.46. The number of nitrogens with one attached hydrogen (secondary N) is 1. The average Bonchev–Trinajstić information content (AvgIpc) is 2.29. The fourth-order valence-corrected chi connectivity index (χ4v) is 2.07. The number of likely N-dealkylation sites (tertiary alicyclic amines) is 1. The highest BCUT2D eigenvalue weighted by molar-refractivity contribution is 5.78. The maximum absolute atomic E-state index is 11.6. The summed E-state index contributed by atoms with van der Waals surface area (Å²) in [7, 11) is 0. The van der Waals surface area contributed by atoms with E-state index in [4.69, 9.17) is 5.73 Å².